The number of morpholine rings is 1. The van der Waals surface area contributed by atoms with Gasteiger partial charge in [0.1, 0.15) is 5.75 Å². The van der Waals surface area contributed by atoms with E-state index in [2.05, 4.69) is 25.1 Å². The Labute approximate surface area is 258 Å². The largest absolute Gasteiger partial charge is 0.573 e. The molecule has 1 aromatic heterocycles. The number of ether oxygens (including phenoxy) is 2. The average molecular weight is 628 g/mol. The normalized spacial score (nSPS) is 21.2. The summed E-state index contributed by atoms with van der Waals surface area (Å²) in [6.07, 6.45) is -3.59. The first kappa shape index (κ1) is 31.0. The van der Waals surface area contributed by atoms with Crippen molar-refractivity contribution in [3.63, 3.8) is 0 Å². The first-order chi connectivity index (χ1) is 21.4. The fourth-order valence-corrected chi connectivity index (χ4v) is 6.36. The molecule has 10 nitrogen and oxygen atoms in total. The standard InChI is InChI=1S/C32H36F3N5O5/c1-19-37-30(45-38-19)26-14-25(26)29(42)36-15-21-7-8-23(20-5-4-6-22(13-20)44-32(33,34)35)24-9-10-39(16-27(21)24)17-28(41)40-11-12-43-18-31(40,2)3/h4-8,13,25-26H,9-12,14-18H2,1-3H3,(H,36,42). The summed E-state index contributed by atoms with van der Waals surface area (Å²) in [7, 11) is 0. The molecule has 2 aliphatic heterocycles. The number of hydrogen-bond acceptors (Lipinski definition) is 8. The molecule has 2 aromatic carbocycles. The van der Waals surface area contributed by atoms with Gasteiger partial charge in [-0.2, -0.15) is 4.98 Å². The van der Waals surface area contributed by atoms with Crippen LogP contribution in [0.5, 0.6) is 5.75 Å². The van der Waals surface area contributed by atoms with Crippen LogP contribution in [0.15, 0.2) is 40.9 Å². The Bertz CT molecular complexity index is 1590. The van der Waals surface area contributed by atoms with Crippen LogP contribution in [-0.4, -0.2) is 76.5 Å². The SMILES string of the molecule is Cc1noc(C2CC2C(=O)NCc2ccc(-c3cccc(OC(F)(F)F)c3)c3c2CN(CC(=O)N2CCOCC2(C)C)CC3)n1. The summed E-state index contributed by atoms with van der Waals surface area (Å²) < 4.78 is 53.9. The second-order valence-corrected chi connectivity index (χ2v) is 12.5. The zero-order valence-electron chi connectivity index (χ0n) is 25.4. The molecule has 6 rings (SSSR count). The van der Waals surface area contributed by atoms with Crippen LogP contribution in [0.4, 0.5) is 13.2 Å². The number of hydrogen-bond donors (Lipinski definition) is 1. The number of benzene rings is 2. The number of nitrogens with zero attached hydrogens (tertiary/aromatic N) is 4. The number of nitrogens with one attached hydrogen (secondary N) is 1. The fraction of sp³-hybridized carbons (Fsp3) is 0.500. The molecule has 1 aliphatic carbocycles. The van der Waals surface area contributed by atoms with E-state index in [1.807, 2.05) is 30.9 Å². The average Bonchev–Trinajstić information content (AvgIpc) is 3.67. The number of carbonyl (C=O) groups excluding carboxylic acids is 2. The lowest BCUT2D eigenvalue weighted by atomic mass is 9.87. The molecule has 3 heterocycles. The van der Waals surface area contributed by atoms with Crippen molar-refractivity contribution in [2.45, 2.75) is 64.5 Å². The van der Waals surface area contributed by atoms with Crippen LogP contribution in [-0.2, 0) is 33.8 Å². The lowest BCUT2D eigenvalue weighted by molar-refractivity contribution is -0.274. The van der Waals surface area contributed by atoms with Crippen LogP contribution >= 0.6 is 0 Å². The van der Waals surface area contributed by atoms with Gasteiger partial charge in [0.05, 0.1) is 37.1 Å². The van der Waals surface area contributed by atoms with Crippen molar-refractivity contribution < 1.29 is 36.8 Å². The van der Waals surface area contributed by atoms with Crippen molar-refractivity contribution in [2.24, 2.45) is 5.92 Å². The molecule has 3 aromatic rings. The van der Waals surface area contributed by atoms with Crippen molar-refractivity contribution in [1.29, 1.82) is 0 Å². The van der Waals surface area contributed by atoms with Gasteiger partial charge in [-0.1, -0.05) is 29.4 Å². The number of rotatable bonds is 8. The minimum Gasteiger partial charge on any atom is -0.406 e. The Kier molecular flexibility index (Phi) is 8.33. The van der Waals surface area contributed by atoms with Crippen LogP contribution in [0.25, 0.3) is 11.1 Å². The molecule has 0 bridgehead atoms. The van der Waals surface area contributed by atoms with E-state index in [1.165, 1.54) is 18.2 Å². The highest BCUT2D eigenvalue weighted by molar-refractivity contribution is 5.83. The number of halogens is 3. The van der Waals surface area contributed by atoms with Crippen molar-refractivity contribution >= 4 is 11.8 Å². The zero-order chi connectivity index (χ0) is 31.9. The Balaban J connectivity index is 1.23. The molecule has 2 atom stereocenters. The summed E-state index contributed by atoms with van der Waals surface area (Å²) in [6, 6.07) is 9.72. The van der Waals surface area contributed by atoms with E-state index in [9.17, 15) is 22.8 Å². The summed E-state index contributed by atoms with van der Waals surface area (Å²) >= 11 is 0. The highest BCUT2D eigenvalue weighted by Gasteiger charge is 2.47. The van der Waals surface area contributed by atoms with Gasteiger partial charge in [-0.3, -0.25) is 14.5 Å². The molecule has 13 heteroatoms. The Morgan fingerprint density at radius 1 is 1.16 bits per heavy atom. The molecule has 1 N–H and O–H groups in total. The van der Waals surface area contributed by atoms with Crippen molar-refractivity contribution in [2.75, 3.05) is 32.8 Å². The van der Waals surface area contributed by atoms with Crippen molar-refractivity contribution in [3.05, 3.63) is 64.8 Å². The maximum atomic E-state index is 13.4. The molecule has 0 spiro atoms. The Morgan fingerprint density at radius 2 is 1.98 bits per heavy atom. The number of alkyl halides is 3. The van der Waals surface area contributed by atoms with Gasteiger partial charge in [-0.25, -0.2) is 0 Å². The zero-order valence-corrected chi connectivity index (χ0v) is 25.4. The van der Waals surface area contributed by atoms with Crippen molar-refractivity contribution in [3.8, 4) is 16.9 Å². The molecule has 2 amide bonds. The van der Waals surface area contributed by atoms with Gasteiger partial charge in [0.2, 0.25) is 17.7 Å². The predicted octanol–water partition coefficient (Wildman–Crippen LogP) is 4.36. The molecule has 1 saturated carbocycles. The van der Waals surface area contributed by atoms with E-state index in [0.717, 1.165) is 22.3 Å². The van der Waals surface area contributed by atoms with Gasteiger partial charge >= 0.3 is 6.36 Å². The summed E-state index contributed by atoms with van der Waals surface area (Å²) in [5.74, 6) is 0.265. The molecule has 2 fully saturated rings. The monoisotopic (exact) mass is 627 g/mol. The Morgan fingerprint density at radius 3 is 2.71 bits per heavy atom. The van der Waals surface area contributed by atoms with Gasteiger partial charge in [0.25, 0.3) is 0 Å². The second-order valence-electron chi connectivity index (χ2n) is 12.5. The van der Waals surface area contributed by atoms with Gasteiger partial charge in [0, 0.05) is 26.2 Å². The van der Waals surface area contributed by atoms with Gasteiger partial charge in [-0.05, 0) is 73.6 Å². The van der Waals surface area contributed by atoms with Gasteiger partial charge in [-0.15, -0.1) is 13.2 Å². The van der Waals surface area contributed by atoms with Gasteiger partial charge in [0.15, 0.2) is 5.82 Å². The molecular weight excluding hydrogens is 591 g/mol. The van der Waals surface area contributed by atoms with Crippen molar-refractivity contribution in [1.82, 2.24) is 25.3 Å². The van der Waals surface area contributed by atoms with Crippen LogP contribution in [0, 0.1) is 12.8 Å². The first-order valence-corrected chi connectivity index (χ1v) is 15.1. The summed E-state index contributed by atoms with van der Waals surface area (Å²) in [6.45, 7) is 8.75. The highest BCUT2D eigenvalue weighted by Crippen LogP contribution is 2.47. The van der Waals surface area contributed by atoms with E-state index < -0.39 is 11.9 Å². The van der Waals surface area contributed by atoms with Gasteiger partial charge < -0.3 is 24.2 Å². The number of aryl methyl sites for hydroxylation is 1. The maximum absolute atomic E-state index is 13.4. The highest BCUT2D eigenvalue weighted by atomic mass is 19.4. The summed E-state index contributed by atoms with van der Waals surface area (Å²) in [4.78, 5) is 34.7. The second kappa shape index (κ2) is 12.1. The van der Waals surface area contributed by atoms with Crippen LogP contribution in [0.3, 0.4) is 0 Å². The lowest BCUT2D eigenvalue weighted by Gasteiger charge is -2.43. The number of carbonyl (C=O) groups is 2. The van der Waals surface area contributed by atoms with Crippen LogP contribution < -0.4 is 10.1 Å². The minimum absolute atomic E-state index is 0.0193. The molecule has 240 valence electrons. The number of amides is 2. The summed E-state index contributed by atoms with van der Waals surface area (Å²) in [5.41, 5.74) is 3.80. The first-order valence-electron chi connectivity index (χ1n) is 15.1. The van der Waals surface area contributed by atoms with Crippen LogP contribution in [0.2, 0.25) is 0 Å². The maximum Gasteiger partial charge on any atom is 0.573 e. The molecular formula is C32H36F3N5O5. The number of aromatic nitrogens is 2. The third kappa shape index (κ3) is 6.99. The van der Waals surface area contributed by atoms with E-state index in [-0.39, 0.29) is 42.5 Å². The quantitative estimate of drug-likeness (QED) is 0.393. The van der Waals surface area contributed by atoms with Crippen LogP contribution in [0.1, 0.15) is 54.6 Å². The predicted molar refractivity (Wildman–Crippen MR) is 156 cm³/mol. The van der Waals surface area contributed by atoms with E-state index in [0.29, 0.717) is 63.0 Å². The number of fused-ring (bicyclic) bond motifs is 1. The van der Waals surface area contributed by atoms with E-state index in [1.54, 1.807) is 13.0 Å². The third-order valence-electron chi connectivity index (χ3n) is 8.71. The topological polar surface area (TPSA) is 110 Å². The van der Waals surface area contributed by atoms with E-state index >= 15 is 0 Å². The molecule has 0 radical (unpaired) electrons. The fourth-order valence-electron chi connectivity index (χ4n) is 6.36. The Hall–Kier alpha value is -3.97. The molecule has 2 unspecified atom stereocenters. The lowest BCUT2D eigenvalue weighted by Crippen LogP contribution is -2.57. The van der Waals surface area contributed by atoms with E-state index in [4.69, 9.17) is 9.26 Å². The molecule has 3 aliphatic rings. The smallest absolute Gasteiger partial charge is 0.406 e. The third-order valence-corrected chi connectivity index (χ3v) is 8.71. The summed E-state index contributed by atoms with van der Waals surface area (Å²) in [5, 5.41) is 6.86. The molecule has 45 heavy (non-hydrogen) atoms. The molecule has 1 saturated heterocycles. The minimum atomic E-state index is -4.80.